The van der Waals surface area contributed by atoms with Crippen molar-refractivity contribution < 1.29 is 155 Å². The average Bonchev–Trinajstić information content (AvgIpc) is 0.791. The number of hydrogen-bond acceptors (Lipinski definition) is 32. The fourth-order valence-electron chi connectivity index (χ4n) is 12.0. The van der Waals surface area contributed by atoms with Crippen molar-refractivity contribution in [2.75, 3.05) is 32.9 Å². The van der Waals surface area contributed by atoms with Gasteiger partial charge in [-0.15, -0.1) is 0 Å². The first-order valence-corrected chi connectivity index (χ1v) is 32.9. The molecule has 0 aromatic heterocycles. The van der Waals surface area contributed by atoms with Crippen molar-refractivity contribution in [1.82, 2.24) is 10.6 Å². The predicted molar refractivity (Wildman–Crippen MR) is 339 cm³/mol. The van der Waals surface area contributed by atoms with E-state index in [1.54, 1.807) is 87.6 Å². The van der Waals surface area contributed by atoms with Crippen molar-refractivity contribution in [2.45, 2.75) is 256 Å². The van der Waals surface area contributed by atoms with Gasteiger partial charge in [0.2, 0.25) is 11.7 Å². The fourth-order valence-corrected chi connectivity index (χ4v) is 12.0. The summed E-state index contributed by atoms with van der Waals surface area (Å²) in [5.74, 6) is -9.89. The van der Waals surface area contributed by atoms with Crippen LogP contribution in [0.5, 0.6) is 0 Å². The van der Waals surface area contributed by atoms with Gasteiger partial charge in [-0.1, -0.05) is 98.9 Å². The number of hydrogen-bond donors (Lipinski definition) is 24. The molecule has 0 spiro atoms. The number of ether oxygens (including phenoxy) is 7. The highest BCUT2D eigenvalue weighted by Gasteiger charge is 2.55. The minimum absolute atomic E-state index is 0.215. The molecule has 0 aromatic rings. The van der Waals surface area contributed by atoms with Gasteiger partial charge in [-0.25, -0.2) is 0 Å². The molecule has 0 aromatic carbocycles. The molecule has 33 heteroatoms. The highest BCUT2D eigenvalue weighted by molar-refractivity contribution is 5.80. The van der Waals surface area contributed by atoms with Crippen LogP contribution in [0.2, 0.25) is 0 Å². The first-order valence-electron chi connectivity index (χ1n) is 32.9. The van der Waals surface area contributed by atoms with Crippen molar-refractivity contribution in [3.05, 3.63) is 85.1 Å². The third-order valence-corrected chi connectivity index (χ3v) is 18.2. The van der Waals surface area contributed by atoms with Gasteiger partial charge < -0.3 is 156 Å². The fraction of sp³-hybridized carbons (Fsp3) is 0.754. The Kier molecular flexibility index (Phi) is 34.6. The molecule has 0 radical (unpaired) electrons. The van der Waals surface area contributed by atoms with Gasteiger partial charge in [0, 0.05) is 44.1 Å². The lowest BCUT2D eigenvalue weighted by Crippen LogP contribution is -2.70. The number of carbonyl (C=O) groups is 2. The van der Waals surface area contributed by atoms with Gasteiger partial charge in [-0.05, 0) is 33.1 Å². The number of cyclic esters (lactones) is 1. The molecule has 0 saturated carbocycles. The molecule has 0 aliphatic carbocycles. The Hall–Kier alpha value is -4.04. The summed E-state index contributed by atoms with van der Waals surface area (Å²) in [7, 11) is 0. The minimum atomic E-state index is -2.74. The summed E-state index contributed by atoms with van der Waals surface area (Å²) in [6, 6.07) is -1.56. The molecule has 5 aliphatic rings. The Morgan fingerprint density at radius 1 is 0.602 bits per heavy atom. The maximum absolute atomic E-state index is 14.3. The second-order valence-corrected chi connectivity index (χ2v) is 26.1. The van der Waals surface area contributed by atoms with E-state index in [1.165, 1.54) is 25.2 Å². The number of fused-ring (bicyclic) bond motifs is 2. The highest BCUT2D eigenvalue weighted by Crippen LogP contribution is 2.39. The Morgan fingerprint density at radius 2 is 1.19 bits per heavy atom. The van der Waals surface area contributed by atoms with Gasteiger partial charge in [0.25, 0.3) is 0 Å². The summed E-state index contributed by atoms with van der Waals surface area (Å²) in [6.07, 6.45) is -25.4. The lowest BCUT2D eigenvalue weighted by atomic mass is 9.82. The molecule has 24 N–H and O–H groups in total. The van der Waals surface area contributed by atoms with E-state index < -0.39 is 265 Å². The smallest absolute Gasteiger partial charge is 0.308 e. The van der Waals surface area contributed by atoms with Crippen LogP contribution in [0.3, 0.4) is 0 Å². The summed E-state index contributed by atoms with van der Waals surface area (Å²) in [4.78, 5) is 27.1. The number of amides is 1. The van der Waals surface area contributed by atoms with Gasteiger partial charge in [-0.3, -0.25) is 9.59 Å². The normalized spacial score (nSPS) is 45.0. The van der Waals surface area contributed by atoms with E-state index in [0.717, 1.165) is 0 Å². The second-order valence-electron chi connectivity index (χ2n) is 26.1. The van der Waals surface area contributed by atoms with E-state index in [0.29, 0.717) is 0 Å². The number of aliphatic hydroxyl groups excluding tert-OH is 20. The van der Waals surface area contributed by atoms with Crippen LogP contribution in [-0.4, -0.2) is 334 Å². The predicted octanol–water partition coefficient (Wildman–Crippen LogP) is -7.56. The van der Waals surface area contributed by atoms with Crippen LogP contribution in [0.25, 0.3) is 0 Å². The molecule has 33 nitrogen and oxygen atoms in total. The van der Waals surface area contributed by atoms with E-state index in [4.69, 9.17) is 33.2 Å². The topological polar surface area (TPSA) is 568 Å². The van der Waals surface area contributed by atoms with Gasteiger partial charge in [-0.2, -0.15) is 0 Å². The molecule has 4 fully saturated rings. The lowest BCUT2D eigenvalue weighted by molar-refractivity contribution is -0.368. The van der Waals surface area contributed by atoms with Crippen molar-refractivity contribution in [3.63, 3.8) is 0 Å². The molecule has 98 heavy (non-hydrogen) atoms. The maximum atomic E-state index is 14.3. The Balaban J connectivity index is 1.46. The van der Waals surface area contributed by atoms with Crippen LogP contribution in [0.4, 0.5) is 0 Å². The number of carbonyl (C=O) groups excluding carboxylic acids is 2. The van der Waals surface area contributed by atoms with Crippen molar-refractivity contribution in [3.8, 4) is 0 Å². The van der Waals surface area contributed by atoms with Gasteiger partial charge in [0.15, 0.2) is 18.4 Å². The molecule has 5 rings (SSSR count). The number of rotatable bonds is 15. The number of allylic oxidation sites excluding steroid dienone is 12. The standard InChI is InChI=1S/C65H106N2O31/c1-32-17-15-13-11-9-7-5-6-8-10-12-14-16-18-39(95-62-56(85)50(52(81)35(4)94-62)67-31-65(91)60(88)59(45(78)30-92-65)97-63-58(87)57(86)55(84)47(29-69)96-63)24-46-49(61(89)66-27-43(76)53(82)54(83)44(77)28-68)42(75)26-64(90,98-46)25-38(72)22-41(74)40(73)20-19-36(70)21-37(71)23-48(79)93-34(3)33(2)51(32)80/h5-18,32-47,49-60,62-63,67-78,80-88,90-91H,19-31H2,1-4H3,(H,66,89)/b6-5+,9-7+,10-8+,13-11+,14-12+,17-15+,18-16+/t32-,33?,34-,35+,36+,37+,38-,39-,40+,41+,42-,43?,44?,45+,46?,47+,49?,50-,51+,52+,53?,54?,55+,56-,57-,58+,59+,60-,62-,63-,64+,65+/m0/s1. The van der Waals surface area contributed by atoms with Crippen LogP contribution in [-0.2, 0) is 42.7 Å². The lowest BCUT2D eigenvalue weighted by Gasteiger charge is -2.48. The summed E-state index contributed by atoms with van der Waals surface area (Å²) >= 11 is 0. The largest absolute Gasteiger partial charge is 0.462 e. The Morgan fingerprint density at radius 3 is 1.81 bits per heavy atom. The molecular weight excluding hydrogens is 1300 g/mol. The zero-order chi connectivity index (χ0) is 72.9. The molecule has 5 aliphatic heterocycles. The first-order chi connectivity index (χ1) is 46.1. The molecular formula is C65H106N2O31. The highest BCUT2D eigenvalue weighted by atomic mass is 16.7. The van der Waals surface area contributed by atoms with Crippen molar-refractivity contribution in [1.29, 1.82) is 0 Å². The third-order valence-electron chi connectivity index (χ3n) is 18.2. The molecule has 1 amide bonds. The zero-order valence-corrected chi connectivity index (χ0v) is 55.1. The summed E-state index contributed by atoms with van der Waals surface area (Å²) in [6.45, 7) is 2.12. The summed E-state index contributed by atoms with van der Waals surface area (Å²) in [5.41, 5.74) is 0. The van der Waals surface area contributed by atoms with Crippen LogP contribution in [0.15, 0.2) is 85.1 Å². The number of nitrogens with one attached hydrogen (secondary N) is 2. The van der Waals surface area contributed by atoms with Crippen LogP contribution >= 0.6 is 0 Å². The molecule has 2 bridgehead atoms. The van der Waals surface area contributed by atoms with E-state index in [2.05, 4.69) is 10.6 Å². The van der Waals surface area contributed by atoms with Crippen LogP contribution < -0.4 is 10.6 Å². The zero-order valence-electron chi connectivity index (χ0n) is 55.1. The van der Waals surface area contributed by atoms with Crippen molar-refractivity contribution >= 4 is 11.9 Å². The molecule has 7 unspecified atom stereocenters. The second kappa shape index (κ2) is 40.1. The molecule has 562 valence electrons. The quantitative estimate of drug-likeness (QED) is 0.0677. The third kappa shape index (κ3) is 24.6. The van der Waals surface area contributed by atoms with Crippen molar-refractivity contribution in [2.24, 2.45) is 17.8 Å². The molecule has 32 atom stereocenters. The van der Waals surface area contributed by atoms with E-state index in [9.17, 15) is 122 Å². The minimum Gasteiger partial charge on any atom is -0.462 e. The van der Waals surface area contributed by atoms with E-state index in [-0.39, 0.29) is 25.2 Å². The number of aliphatic hydroxyl groups is 22. The monoisotopic (exact) mass is 1410 g/mol. The summed E-state index contributed by atoms with van der Waals surface area (Å²) in [5, 5.41) is 244. The van der Waals surface area contributed by atoms with Gasteiger partial charge >= 0.3 is 5.97 Å². The Bertz CT molecular complexity index is 2600. The number of esters is 1. The Labute approximate surface area is 567 Å². The van der Waals surface area contributed by atoms with E-state index >= 15 is 0 Å². The molecule has 4 saturated heterocycles. The van der Waals surface area contributed by atoms with Crippen LogP contribution in [0.1, 0.15) is 79.1 Å². The SMILES string of the molecule is CC1[C@H](C)OC(=O)C[C@H](O)C[C@H](O)CC[C@@H](O)[C@H](O)C[C@H](O)C[C@]2(O)C[C@H](O)C(C(=O)NCC(O)C(O)C(O)C(O)CO)C(C[C@@H](O[C@@H]3O[C@H](C)[C@@H](O)[C@H](NC[C@@]4(O)OC[C@@H](O)[C@@H](O[C@@H]5O[C@H](CO)[C@@H](O)[C@H](O)[C@H]5O)[C@@H]4O)[C@@H]3O)/C=C/C=C/C=C/C=C/C=C/C=C/C=C/[C@H](C)[C@H]1O)O2. The molecule has 5 heterocycles. The van der Waals surface area contributed by atoms with E-state index in [1.807, 2.05) is 0 Å². The average molecular weight is 1410 g/mol. The van der Waals surface area contributed by atoms with Gasteiger partial charge in [0.1, 0.15) is 73.2 Å². The maximum Gasteiger partial charge on any atom is 0.308 e. The van der Waals surface area contributed by atoms with Crippen LogP contribution in [0, 0.1) is 17.8 Å². The van der Waals surface area contributed by atoms with Gasteiger partial charge in [0.05, 0.1) is 118 Å². The summed E-state index contributed by atoms with van der Waals surface area (Å²) < 4.78 is 40.4. The first kappa shape index (κ1) is 84.6.